The second-order valence-corrected chi connectivity index (χ2v) is 6.32. The van der Waals surface area contributed by atoms with Crippen LogP contribution in [0, 0.1) is 17.3 Å². The predicted molar refractivity (Wildman–Crippen MR) is 81.8 cm³/mol. The van der Waals surface area contributed by atoms with Crippen LogP contribution in [0.5, 0.6) is 0 Å². The van der Waals surface area contributed by atoms with E-state index in [0.29, 0.717) is 17.4 Å². The van der Waals surface area contributed by atoms with Gasteiger partial charge in [-0.25, -0.2) is 0 Å². The van der Waals surface area contributed by atoms with Gasteiger partial charge in [-0.2, -0.15) is 0 Å². The lowest BCUT2D eigenvalue weighted by molar-refractivity contribution is 0.0944. The molecule has 20 heavy (non-hydrogen) atoms. The molecule has 0 aliphatic heterocycles. The van der Waals surface area contributed by atoms with Crippen molar-refractivity contribution in [3.8, 4) is 11.8 Å². The summed E-state index contributed by atoms with van der Waals surface area (Å²) >= 11 is 1.47. The van der Waals surface area contributed by atoms with Gasteiger partial charge >= 0.3 is 0 Å². The fourth-order valence-corrected chi connectivity index (χ4v) is 3.07. The van der Waals surface area contributed by atoms with Gasteiger partial charge in [-0.15, -0.1) is 11.3 Å². The van der Waals surface area contributed by atoms with Crippen molar-refractivity contribution in [2.24, 2.45) is 5.41 Å². The summed E-state index contributed by atoms with van der Waals surface area (Å²) in [5.41, 5.74) is 1.07. The molecule has 1 aromatic rings. The zero-order valence-electron chi connectivity index (χ0n) is 11.9. The summed E-state index contributed by atoms with van der Waals surface area (Å²) in [7, 11) is 0. The number of nitrogens with one attached hydrogen (secondary N) is 1. The predicted octanol–water partition coefficient (Wildman–Crippen LogP) is 2.79. The third-order valence-corrected chi connectivity index (χ3v) is 4.52. The number of amides is 1. The van der Waals surface area contributed by atoms with Crippen molar-refractivity contribution in [2.75, 3.05) is 13.2 Å². The van der Waals surface area contributed by atoms with Crippen LogP contribution in [0.4, 0.5) is 0 Å². The van der Waals surface area contributed by atoms with Crippen molar-refractivity contribution in [3.05, 3.63) is 21.9 Å². The number of aliphatic hydroxyl groups excluding tert-OH is 1. The molecule has 108 valence electrons. The average molecular weight is 291 g/mol. The van der Waals surface area contributed by atoms with E-state index in [-0.39, 0.29) is 12.5 Å². The van der Waals surface area contributed by atoms with Gasteiger partial charge in [0.2, 0.25) is 0 Å². The smallest absolute Gasteiger partial charge is 0.252 e. The quantitative estimate of drug-likeness (QED) is 0.792. The van der Waals surface area contributed by atoms with E-state index in [1.165, 1.54) is 37.0 Å². The highest BCUT2D eigenvalue weighted by Gasteiger charge is 2.41. The molecule has 0 radical (unpaired) electrons. The van der Waals surface area contributed by atoms with E-state index in [4.69, 9.17) is 5.11 Å². The minimum atomic E-state index is -0.00108. The first-order chi connectivity index (χ1) is 9.69. The van der Waals surface area contributed by atoms with Gasteiger partial charge < -0.3 is 10.4 Å². The Balaban J connectivity index is 1.86. The maximum absolute atomic E-state index is 12.1. The summed E-state index contributed by atoms with van der Waals surface area (Å²) in [5.74, 6) is 5.82. The van der Waals surface area contributed by atoms with Crippen molar-refractivity contribution in [3.63, 3.8) is 0 Å². The van der Waals surface area contributed by atoms with Crippen LogP contribution in [0.2, 0.25) is 0 Å². The van der Waals surface area contributed by atoms with Crippen LogP contribution in [-0.4, -0.2) is 24.2 Å². The van der Waals surface area contributed by atoms with E-state index in [0.717, 1.165) is 11.4 Å². The van der Waals surface area contributed by atoms with Crippen LogP contribution in [0.15, 0.2) is 11.4 Å². The SMILES string of the molecule is CCCC1(CNC(=O)c2csc(C#CCCO)c2)CC1. The molecule has 1 amide bonds. The Morgan fingerprint density at radius 2 is 2.35 bits per heavy atom. The molecule has 0 bridgehead atoms. The minimum absolute atomic E-state index is 0.00108. The lowest BCUT2D eigenvalue weighted by Crippen LogP contribution is -2.29. The summed E-state index contributed by atoms with van der Waals surface area (Å²) in [4.78, 5) is 12.9. The Morgan fingerprint density at radius 1 is 1.55 bits per heavy atom. The molecule has 3 nitrogen and oxygen atoms in total. The molecule has 2 N–H and O–H groups in total. The van der Waals surface area contributed by atoms with Crippen LogP contribution in [-0.2, 0) is 0 Å². The molecule has 1 aliphatic rings. The highest BCUT2D eigenvalue weighted by molar-refractivity contribution is 7.10. The minimum Gasteiger partial charge on any atom is -0.395 e. The maximum atomic E-state index is 12.1. The highest BCUT2D eigenvalue weighted by atomic mass is 32.1. The standard InChI is InChI=1S/C16H21NO2S/c1-2-6-16(7-8-16)12-17-15(19)13-10-14(20-11-13)5-3-4-9-18/h10-11,18H,2,4,6-9,12H2,1H3,(H,17,19). The van der Waals surface area contributed by atoms with Crippen molar-refractivity contribution in [1.29, 1.82) is 0 Å². The van der Waals surface area contributed by atoms with E-state index < -0.39 is 0 Å². The van der Waals surface area contributed by atoms with Crippen molar-refractivity contribution in [2.45, 2.75) is 39.0 Å². The van der Waals surface area contributed by atoms with Crippen molar-refractivity contribution < 1.29 is 9.90 Å². The molecule has 4 heteroatoms. The maximum Gasteiger partial charge on any atom is 0.252 e. The van der Waals surface area contributed by atoms with Gasteiger partial charge in [0.25, 0.3) is 5.91 Å². The number of hydrogen-bond acceptors (Lipinski definition) is 3. The Hall–Kier alpha value is -1.31. The fourth-order valence-electron chi connectivity index (χ4n) is 2.32. The molecule has 0 aromatic carbocycles. The third kappa shape index (κ3) is 4.09. The number of rotatable bonds is 6. The normalized spacial score (nSPS) is 15.3. The van der Waals surface area contributed by atoms with E-state index >= 15 is 0 Å². The number of carbonyl (C=O) groups is 1. The van der Waals surface area contributed by atoms with Crippen LogP contribution in [0.3, 0.4) is 0 Å². The lowest BCUT2D eigenvalue weighted by Gasteiger charge is -2.14. The Bertz CT molecular complexity index is 520. The summed E-state index contributed by atoms with van der Waals surface area (Å²) in [5, 5.41) is 13.6. The second-order valence-electron chi connectivity index (χ2n) is 5.41. The topological polar surface area (TPSA) is 49.3 Å². The molecule has 1 heterocycles. The molecule has 1 fully saturated rings. The molecule has 1 aliphatic carbocycles. The molecule has 1 aromatic heterocycles. The molecule has 2 rings (SSSR count). The molecule has 0 spiro atoms. The summed E-state index contributed by atoms with van der Waals surface area (Å²) < 4.78 is 0. The lowest BCUT2D eigenvalue weighted by atomic mass is 10.0. The van der Waals surface area contributed by atoms with Crippen LogP contribution in [0.25, 0.3) is 0 Å². The van der Waals surface area contributed by atoms with Gasteiger partial charge in [0.05, 0.1) is 17.0 Å². The highest BCUT2D eigenvalue weighted by Crippen LogP contribution is 2.48. The molecule has 1 saturated carbocycles. The first kappa shape index (κ1) is 15.1. The van der Waals surface area contributed by atoms with Gasteiger partial charge in [0, 0.05) is 18.3 Å². The fraction of sp³-hybridized carbons (Fsp3) is 0.562. The summed E-state index contributed by atoms with van der Waals surface area (Å²) in [6.07, 6.45) is 5.33. The molecule has 0 atom stereocenters. The van der Waals surface area contributed by atoms with Crippen molar-refractivity contribution >= 4 is 17.2 Å². The van der Waals surface area contributed by atoms with Gasteiger partial charge in [0.1, 0.15) is 0 Å². The van der Waals surface area contributed by atoms with Crippen LogP contribution >= 0.6 is 11.3 Å². The third-order valence-electron chi connectivity index (χ3n) is 3.67. The number of thiophene rings is 1. The largest absolute Gasteiger partial charge is 0.395 e. The van der Waals surface area contributed by atoms with Gasteiger partial charge in [-0.3, -0.25) is 4.79 Å². The number of hydrogen-bond donors (Lipinski definition) is 2. The second kappa shape index (κ2) is 6.92. The van der Waals surface area contributed by atoms with Gasteiger partial charge in [-0.1, -0.05) is 25.2 Å². The van der Waals surface area contributed by atoms with Gasteiger partial charge in [-0.05, 0) is 30.7 Å². The average Bonchev–Trinajstić information content (AvgIpc) is 3.04. The Labute approximate surface area is 124 Å². The van der Waals surface area contributed by atoms with E-state index in [1.54, 1.807) is 0 Å². The molecular formula is C16H21NO2S. The summed E-state index contributed by atoms with van der Waals surface area (Å²) in [6, 6.07) is 1.82. The first-order valence-corrected chi connectivity index (χ1v) is 8.03. The molecule has 0 saturated heterocycles. The van der Waals surface area contributed by atoms with E-state index in [2.05, 4.69) is 24.1 Å². The van der Waals surface area contributed by atoms with Gasteiger partial charge in [0.15, 0.2) is 0 Å². The number of carbonyl (C=O) groups excluding carboxylic acids is 1. The Morgan fingerprint density at radius 3 is 3.00 bits per heavy atom. The molecule has 0 unspecified atom stereocenters. The Kier molecular flexibility index (Phi) is 5.22. The van der Waals surface area contributed by atoms with E-state index in [9.17, 15) is 4.79 Å². The number of aliphatic hydroxyl groups is 1. The summed E-state index contributed by atoms with van der Waals surface area (Å²) in [6.45, 7) is 3.06. The molecular weight excluding hydrogens is 270 g/mol. The first-order valence-electron chi connectivity index (χ1n) is 7.15. The zero-order valence-corrected chi connectivity index (χ0v) is 12.7. The van der Waals surface area contributed by atoms with Crippen LogP contribution < -0.4 is 5.32 Å². The zero-order chi connectivity index (χ0) is 14.4. The van der Waals surface area contributed by atoms with Crippen LogP contribution in [0.1, 0.15) is 54.3 Å². The van der Waals surface area contributed by atoms with Crippen molar-refractivity contribution in [1.82, 2.24) is 5.32 Å². The monoisotopic (exact) mass is 291 g/mol. The van der Waals surface area contributed by atoms with E-state index in [1.807, 2.05) is 11.4 Å².